The molecule has 164 valence electrons. The Morgan fingerprint density at radius 2 is 1.97 bits per heavy atom. The lowest BCUT2D eigenvalue weighted by atomic mass is 10.1. The molecule has 2 aromatic heterocycles. The Bertz CT molecular complexity index is 1100. The summed E-state index contributed by atoms with van der Waals surface area (Å²) in [7, 11) is 1.47. The first kappa shape index (κ1) is 21.0. The molecule has 1 aromatic carbocycles. The zero-order chi connectivity index (χ0) is 22.3. The summed E-state index contributed by atoms with van der Waals surface area (Å²) in [6.45, 7) is 0.127. The Labute approximate surface area is 173 Å². The van der Waals surface area contributed by atoms with Crippen molar-refractivity contribution < 1.29 is 26.7 Å². The number of nitrogens with zero attached hydrogens (tertiary/aromatic N) is 5. The lowest BCUT2D eigenvalue weighted by Gasteiger charge is -2.23. The first-order valence-corrected chi connectivity index (χ1v) is 9.48. The molecule has 0 saturated heterocycles. The van der Waals surface area contributed by atoms with E-state index in [4.69, 9.17) is 0 Å². The van der Waals surface area contributed by atoms with E-state index in [-0.39, 0.29) is 18.2 Å². The molecule has 0 unspecified atom stereocenters. The van der Waals surface area contributed by atoms with Gasteiger partial charge < -0.3 is 4.90 Å². The average molecular weight is 439 g/mol. The van der Waals surface area contributed by atoms with Crippen LogP contribution in [0.15, 0.2) is 42.7 Å². The Hall–Kier alpha value is -3.24. The quantitative estimate of drug-likeness (QED) is 0.536. The van der Waals surface area contributed by atoms with Crippen LogP contribution in [0.2, 0.25) is 0 Å². The molecule has 2 heterocycles. The molecule has 0 atom stereocenters. The molecule has 1 saturated carbocycles. The molecular formula is C20H18F5N5O. The summed E-state index contributed by atoms with van der Waals surface area (Å²) in [5.41, 5.74) is -0.690. The standard InChI is InChI=1S/C20H18F5N5O/c1-28-11-15(17(27-28)18(21)22)19(31)29(13-5-6-13)10-12-3-2-4-14(9-12)30-8-7-16(26-30)20(23,24)25/h2-4,7-9,11,13,18H,5-6,10H2,1H3. The van der Waals surface area contributed by atoms with E-state index < -0.39 is 29.9 Å². The number of hydrogen-bond donors (Lipinski definition) is 0. The van der Waals surface area contributed by atoms with Gasteiger partial charge in [0.25, 0.3) is 12.3 Å². The van der Waals surface area contributed by atoms with E-state index in [1.807, 2.05) is 0 Å². The van der Waals surface area contributed by atoms with E-state index >= 15 is 0 Å². The highest BCUT2D eigenvalue weighted by Gasteiger charge is 2.36. The number of benzene rings is 1. The van der Waals surface area contributed by atoms with E-state index in [0.717, 1.165) is 23.6 Å². The van der Waals surface area contributed by atoms with E-state index in [1.54, 1.807) is 24.3 Å². The number of halogens is 5. The first-order chi connectivity index (χ1) is 14.6. The zero-order valence-corrected chi connectivity index (χ0v) is 16.4. The third-order valence-corrected chi connectivity index (χ3v) is 4.95. The molecule has 0 bridgehead atoms. The summed E-state index contributed by atoms with van der Waals surface area (Å²) in [5.74, 6) is -0.547. The Kier molecular flexibility index (Phi) is 5.28. The van der Waals surface area contributed by atoms with Crippen molar-refractivity contribution in [2.75, 3.05) is 0 Å². The van der Waals surface area contributed by atoms with Crippen molar-refractivity contribution in [3.63, 3.8) is 0 Å². The molecule has 11 heteroatoms. The predicted molar refractivity (Wildman–Crippen MR) is 99.6 cm³/mol. The van der Waals surface area contributed by atoms with Crippen molar-refractivity contribution in [1.82, 2.24) is 24.5 Å². The molecule has 0 radical (unpaired) electrons. The lowest BCUT2D eigenvalue weighted by molar-refractivity contribution is -0.141. The highest BCUT2D eigenvalue weighted by molar-refractivity contribution is 5.95. The van der Waals surface area contributed by atoms with Gasteiger partial charge >= 0.3 is 6.18 Å². The van der Waals surface area contributed by atoms with Crippen molar-refractivity contribution in [3.8, 4) is 5.69 Å². The van der Waals surface area contributed by atoms with Crippen LogP contribution in [0.1, 0.15) is 46.6 Å². The van der Waals surface area contributed by atoms with Crippen LogP contribution in [0.25, 0.3) is 5.69 Å². The van der Waals surface area contributed by atoms with Gasteiger partial charge in [-0.1, -0.05) is 12.1 Å². The molecule has 0 aliphatic heterocycles. The first-order valence-electron chi connectivity index (χ1n) is 9.48. The second kappa shape index (κ2) is 7.78. The smallest absolute Gasteiger partial charge is 0.331 e. The SMILES string of the molecule is Cn1cc(C(=O)N(Cc2cccc(-n3ccc(C(F)(F)F)n3)c2)C2CC2)c(C(F)F)n1. The van der Waals surface area contributed by atoms with Crippen LogP contribution in [0.4, 0.5) is 22.0 Å². The highest BCUT2D eigenvalue weighted by Crippen LogP contribution is 2.32. The summed E-state index contributed by atoms with van der Waals surface area (Å²) >= 11 is 0. The topological polar surface area (TPSA) is 56.0 Å². The molecule has 0 spiro atoms. The summed E-state index contributed by atoms with van der Waals surface area (Å²) in [6.07, 6.45) is -3.45. The highest BCUT2D eigenvalue weighted by atomic mass is 19.4. The van der Waals surface area contributed by atoms with Crippen LogP contribution in [0.3, 0.4) is 0 Å². The van der Waals surface area contributed by atoms with Crippen LogP contribution in [-0.2, 0) is 19.8 Å². The van der Waals surface area contributed by atoms with Crippen LogP contribution < -0.4 is 0 Å². The molecule has 4 rings (SSSR count). The molecule has 1 aliphatic carbocycles. The number of carbonyl (C=O) groups excluding carboxylic acids is 1. The third-order valence-electron chi connectivity index (χ3n) is 4.95. The van der Waals surface area contributed by atoms with E-state index in [9.17, 15) is 26.7 Å². The minimum atomic E-state index is -4.55. The fourth-order valence-electron chi connectivity index (χ4n) is 3.35. The number of rotatable bonds is 6. The average Bonchev–Trinajstić information content (AvgIpc) is 3.26. The summed E-state index contributed by atoms with van der Waals surface area (Å²) in [6, 6.07) is 7.37. The second-order valence-electron chi connectivity index (χ2n) is 7.38. The monoisotopic (exact) mass is 439 g/mol. The van der Waals surface area contributed by atoms with Gasteiger partial charge in [-0.15, -0.1) is 0 Å². The molecule has 0 N–H and O–H groups in total. The molecule has 1 fully saturated rings. The number of hydrogen-bond acceptors (Lipinski definition) is 3. The van der Waals surface area contributed by atoms with E-state index in [1.165, 1.54) is 29.0 Å². The minimum absolute atomic E-state index is 0.0802. The number of carbonyl (C=O) groups is 1. The summed E-state index contributed by atoms with van der Waals surface area (Å²) in [5, 5.41) is 7.24. The fraction of sp³-hybridized carbons (Fsp3) is 0.350. The summed E-state index contributed by atoms with van der Waals surface area (Å²) < 4.78 is 67.4. The minimum Gasteiger partial charge on any atom is -0.331 e. The van der Waals surface area contributed by atoms with Gasteiger partial charge in [0.05, 0.1) is 11.3 Å². The van der Waals surface area contributed by atoms with Gasteiger partial charge in [-0.2, -0.15) is 23.4 Å². The molecule has 6 nitrogen and oxygen atoms in total. The van der Waals surface area contributed by atoms with Gasteiger partial charge in [-0.25, -0.2) is 13.5 Å². The molecule has 3 aromatic rings. The molecule has 1 aliphatic rings. The van der Waals surface area contributed by atoms with Crippen LogP contribution in [-0.4, -0.2) is 36.4 Å². The van der Waals surface area contributed by atoms with Crippen molar-refractivity contribution in [1.29, 1.82) is 0 Å². The van der Waals surface area contributed by atoms with E-state index in [2.05, 4.69) is 10.2 Å². The third kappa shape index (κ3) is 4.44. The number of amides is 1. The normalized spacial score (nSPS) is 14.3. The van der Waals surface area contributed by atoms with Crippen LogP contribution in [0, 0.1) is 0 Å². The maximum atomic E-state index is 13.3. The van der Waals surface area contributed by atoms with Crippen LogP contribution in [0.5, 0.6) is 0 Å². The van der Waals surface area contributed by atoms with Gasteiger partial charge in [0, 0.05) is 32.0 Å². The Morgan fingerprint density at radius 1 is 1.23 bits per heavy atom. The van der Waals surface area contributed by atoms with E-state index in [0.29, 0.717) is 11.3 Å². The van der Waals surface area contributed by atoms with Gasteiger partial charge in [0.1, 0.15) is 5.69 Å². The largest absolute Gasteiger partial charge is 0.435 e. The zero-order valence-electron chi connectivity index (χ0n) is 16.4. The number of aryl methyl sites for hydroxylation is 1. The summed E-state index contributed by atoms with van der Waals surface area (Å²) in [4.78, 5) is 14.5. The predicted octanol–water partition coefficient (Wildman–Crippen LogP) is 4.37. The second-order valence-corrected chi connectivity index (χ2v) is 7.38. The fourth-order valence-corrected chi connectivity index (χ4v) is 3.35. The van der Waals surface area contributed by atoms with Crippen molar-refractivity contribution in [2.45, 2.75) is 38.0 Å². The molecule has 1 amide bonds. The van der Waals surface area contributed by atoms with Gasteiger partial charge in [0.15, 0.2) is 5.69 Å². The maximum Gasteiger partial charge on any atom is 0.435 e. The maximum absolute atomic E-state index is 13.3. The van der Waals surface area contributed by atoms with Gasteiger partial charge in [0.2, 0.25) is 0 Å². The Morgan fingerprint density at radius 3 is 2.58 bits per heavy atom. The number of aromatic nitrogens is 4. The molecule has 31 heavy (non-hydrogen) atoms. The number of alkyl halides is 5. The van der Waals surface area contributed by atoms with Crippen molar-refractivity contribution >= 4 is 5.91 Å². The van der Waals surface area contributed by atoms with Gasteiger partial charge in [-0.05, 0) is 36.6 Å². The van der Waals surface area contributed by atoms with Crippen molar-refractivity contribution in [2.24, 2.45) is 7.05 Å². The van der Waals surface area contributed by atoms with Crippen molar-refractivity contribution in [3.05, 3.63) is 65.2 Å². The Balaban J connectivity index is 1.59. The lowest BCUT2D eigenvalue weighted by Crippen LogP contribution is -2.33. The van der Waals surface area contributed by atoms with Gasteiger partial charge in [-0.3, -0.25) is 9.48 Å². The van der Waals surface area contributed by atoms with Crippen LogP contribution >= 0.6 is 0 Å². The molecular weight excluding hydrogens is 421 g/mol.